The summed E-state index contributed by atoms with van der Waals surface area (Å²) in [6.45, 7) is -0.268. The van der Waals surface area contributed by atoms with E-state index in [1.807, 2.05) is 0 Å². The van der Waals surface area contributed by atoms with Crippen LogP contribution in [0.5, 0.6) is 0 Å². The fourth-order valence-electron chi connectivity index (χ4n) is 3.38. The first kappa shape index (κ1) is 18.4. The summed E-state index contributed by atoms with van der Waals surface area (Å²) in [5, 5.41) is 13.0. The number of hydrogen-bond donors (Lipinski definition) is 3. The number of hydrogen-bond acceptors (Lipinski definition) is 4. The van der Waals surface area contributed by atoms with Crippen molar-refractivity contribution in [2.45, 2.75) is 12.5 Å². The highest BCUT2D eigenvalue weighted by Gasteiger charge is 2.34. The van der Waals surface area contributed by atoms with Gasteiger partial charge in [0.1, 0.15) is 22.7 Å². The predicted octanol–water partition coefficient (Wildman–Crippen LogP) is 2.04. The van der Waals surface area contributed by atoms with Crippen LogP contribution in [0.3, 0.4) is 0 Å². The van der Waals surface area contributed by atoms with E-state index in [1.54, 1.807) is 18.2 Å². The van der Waals surface area contributed by atoms with E-state index < -0.39 is 23.7 Å². The minimum atomic E-state index is -0.829. The Hall–Kier alpha value is -2.97. The first-order valence-corrected chi connectivity index (χ1v) is 9.00. The molecular formula is C19H16ClFN4O3. The van der Waals surface area contributed by atoms with Crippen molar-refractivity contribution in [2.24, 2.45) is 0 Å². The van der Waals surface area contributed by atoms with Crippen LogP contribution in [0.1, 0.15) is 16.1 Å². The molecule has 0 fully saturated rings. The number of carbonyl (C=O) groups excluding carboxylic acids is 2. The number of nitrogens with zero attached hydrogens (tertiary/aromatic N) is 2. The van der Waals surface area contributed by atoms with Crippen molar-refractivity contribution in [3.63, 3.8) is 0 Å². The lowest BCUT2D eigenvalue weighted by atomic mass is 9.96. The van der Waals surface area contributed by atoms with Gasteiger partial charge in [-0.05, 0) is 29.8 Å². The van der Waals surface area contributed by atoms with Crippen molar-refractivity contribution in [2.75, 3.05) is 18.1 Å². The smallest absolute Gasteiger partial charge is 0.268 e. The van der Waals surface area contributed by atoms with Gasteiger partial charge in [-0.3, -0.25) is 9.59 Å². The summed E-state index contributed by atoms with van der Waals surface area (Å²) in [4.78, 5) is 33.7. The molecule has 144 valence electrons. The van der Waals surface area contributed by atoms with Crippen molar-refractivity contribution in [3.05, 3.63) is 58.8 Å². The molecule has 3 heterocycles. The quantitative estimate of drug-likeness (QED) is 0.581. The zero-order valence-electron chi connectivity index (χ0n) is 14.6. The molecule has 0 aliphatic carbocycles. The van der Waals surface area contributed by atoms with Crippen LogP contribution in [0.2, 0.25) is 5.15 Å². The topological polar surface area (TPSA) is 98.3 Å². The maximum Gasteiger partial charge on any atom is 0.268 e. The Morgan fingerprint density at radius 3 is 3.00 bits per heavy atom. The fraction of sp³-hybridized carbons (Fsp3) is 0.211. The molecule has 7 nitrogen and oxygen atoms in total. The van der Waals surface area contributed by atoms with Gasteiger partial charge < -0.3 is 20.3 Å². The number of aliphatic hydroxyl groups excluding tert-OH is 1. The third-order valence-corrected chi connectivity index (χ3v) is 4.88. The Labute approximate surface area is 164 Å². The standard InChI is InChI=1S/C19H16ClFN4O3/c20-17-7-11-6-13(23-15(11)9-22-17)18(27)24-14-5-10-1-2-12(21)8-16(10)25(3-4-26)19(14)28/h1-2,6-9,14,23,26H,3-5H2,(H,24,27). The Morgan fingerprint density at radius 2 is 2.21 bits per heavy atom. The molecular weight excluding hydrogens is 387 g/mol. The second-order valence-electron chi connectivity index (χ2n) is 6.49. The third kappa shape index (κ3) is 3.32. The lowest BCUT2D eigenvalue weighted by Crippen LogP contribution is -2.53. The molecule has 1 aliphatic heterocycles. The zero-order chi connectivity index (χ0) is 19.8. The second-order valence-corrected chi connectivity index (χ2v) is 6.88. The number of nitrogens with one attached hydrogen (secondary N) is 2. The average Bonchev–Trinajstić information content (AvgIpc) is 3.09. The van der Waals surface area contributed by atoms with E-state index in [4.69, 9.17) is 11.6 Å². The molecule has 1 aliphatic rings. The molecule has 4 rings (SSSR count). The number of amides is 2. The number of halogens is 2. The second kappa shape index (κ2) is 7.21. The van der Waals surface area contributed by atoms with Gasteiger partial charge in [0, 0.05) is 24.0 Å². The maximum absolute atomic E-state index is 13.6. The molecule has 0 saturated carbocycles. The van der Waals surface area contributed by atoms with Gasteiger partial charge in [-0.25, -0.2) is 9.37 Å². The predicted molar refractivity (Wildman–Crippen MR) is 102 cm³/mol. The number of aromatic amines is 1. The summed E-state index contributed by atoms with van der Waals surface area (Å²) >= 11 is 5.86. The van der Waals surface area contributed by atoms with Crippen LogP contribution in [0.15, 0.2) is 36.5 Å². The zero-order valence-corrected chi connectivity index (χ0v) is 15.3. The third-order valence-electron chi connectivity index (χ3n) is 4.67. The lowest BCUT2D eigenvalue weighted by molar-refractivity contribution is -0.120. The fourth-order valence-corrected chi connectivity index (χ4v) is 3.55. The summed E-state index contributed by atoms with van der Waals surface area (Å²) in [5.74, 6) is -1.33. The number of pyridine rings is 1. The molecule has 2 amide bonds. The minimum Gasteiger partial charge on any atom is -0.395 e. The van der Waals surface area contributed by atoms with Crippen molar-refractivity contribution in [1.29, 1.82) is 0 Å². The normalized spacial score (nSPS) is 16.3. The SMILES string of the molecule is O=C(NC1Cc2ccc(F)cc2N(CCO)C1=O)c1cc2cc(Cl)ncc2[nH]1. The average molecular weight is 403 g/mol. The summed E-state index contributed by atoms with van der Waals surface area (Å²) in [6.07, 6.45) is 1.75. The van der Waals surface area contributed by atoms with Gasteiger partial charge in [0.25, 0.3) is 5.91 Å². The van der Waals surface area contributed by atoms with Gasteiger partial charge in [-0.1, -0.05) is 17.7 Å². The van der Waals surface area contributed by atoms with E-state index in [9.17, 15) is 19.1 Å². The molecule has 0 bridgehead atoms. The van der Waals surface area contributed by atoms with Crippen LogP contribution in [0.4, 0.5) is 10.1 Å². The van der Waals surface area contributed by atoms with E-state index in [0.717, 1.165) is 5.39 Å². The number of fused-ring (bicyclic) bond motifs is 2. The number of anilines is 1. The van der Waals surface area contributed by atoms with E-state index in [1.165, 1.54) is 23.2 Å². The number of benzene rings is 1. The number of aromatic nitrogens is 2. The molecule has 1 aromatic carbocycles. The monoisotopic (exact) mass is 402 g/mol. The van der Waals surface area contributed by atoms with Gasteiger partial charge >= 0.3 is 0 Å². The van der Waals surface area contributed by atoms with Gasteiger partial charge in [-0.15, -0.1) is 0 Å². The van der Waals surface area contributed by atoms with Gasteiger partial charge in [0.15, 0.2) is 0 Å². The van der Waals surface area contributed by atoms with E-state index in [-0.39, 0.29) is 25.3 Å². The maximum atomic E-state index is 13.6. The van der Waals surface area contributed by atoms with E-state index >= 15 is 0 Å². The highest BCUT2D eigenvalue weighted by Crippen LogP contribution is 2.29. The van der Waals surface area contributed by atoms with Crippen molar-refractivity contribution < 1.29 is 19.1 Å². The highest BCUT2D eigenvalue weighted by atomic mass is 35.5. The summed E-state index contributed by atoms with van der Waals surface area (Å²) in [5.41, 5.74) is 2.04. The van der Waals surface area contributed by atoms with Gasteiger partial charge in [0.05, 0.1) is 18.3 Å². The van der Waals surface area contributed by atoms with Crippen molar-refractivity contribution in [3.8, 4) is 0 Å². The van der Waals surface area contributed by atoms with Crippen LogP contribution in [0, 0.1) is 5.82 Å². The number of rotatable bonds is 4. The molecule has 0 spiro atoms. The van der Waals surface area contributed by atoms with Crippen LogP contribution >= 0.6 is 11.6 Å². The number of β-amino-alcohol motifs (C(OH)–C–C–N with tert-alkyl or cyclic N) is 1. The molecule has 28 heavy (non-hydrogen) atoms. The van der Waals surface area contributed by atoms with Crippen LogP contribution in [-0.4, -0.2) is 46.1 Å². The molecule has 0 radical (unpaired) electrons. The molecule has 1 unspecified atom stereocenters. The van der Waals surface area contributed by atoms with Crippen LogP contribution in [-0.2, 0) is 11.2 Å². The van der Waals surface area contributed by atoms with E-state index in [0.29, 0.717) is 21.9 Å². The van der Waals surface area contributed by atoms with Gasteiger partial charge in [0.2, 0.25) is 5.91 Å². The molecule has 0 saturated heterocycles. The summed E-state index contributed by atoms with van der Waals surface area (Å²) in [6, 6.07) is 6.57. The Bertz CT molecular complexity index is 1080. The highest BCUT2D eigenvalue weighted by molar-refractivity contribution is 6.30. The van der Waals surface area contributed by atoms with Crippen molar-refractivity contribution >= 4 is 40.0 Å². The minimum absolute atomic E-state index is 0.0121. The first-order chi connectivity index (χ1) is 13.5. The molecule has 1 atom stereocenters. The molecule has 9 heteroatoms. The number of aliphatic hydroxyl groups is 1. The van der Waals surface area contributed by atoms with Crippen LogP contribution in [0.25, 0.3) is 10.9 Å². The molecule has 2 aromatic heterocycles. The van der Waals surface area contributed by atoms with E-state index in [2.05, 4.69) is 15.3 Å². The summed E-state index contributed by atoms with van der Waals surface area (Å²) < 4.78 is 13.6. The largest absolute Gasteiger partial charge is 0.395 e. The number of carbonyl (C=O) groups is 2. The Balaban J connectivity index is 1.60. The van der Waals surface area contributed by atoms with Gasteiger partial charge in [-0.2, -0.15) is 0 Å². The molecule has 3 N–H and O–H groups in total. The lowest BCUT2D eigenvalue weighted by Gasteiger charge is -2.34. The Morgan fingerprint density at radius 1 is 1.39 bits per heavy atom. The number of H-pyrrole nitrogens is 1. The Kier molecular flexibility index (Phi) is 4.74. The molecule has 3 aromatic rings. The van der Waals surface area contributed by atoms with Crippen molar-refractivity contribution in [1.82, 2.24) is 15.3 Å². The van der Waals surface area contributed by atoms with Crippen LogP contribution < -0.4 is 10.2 Å². The first-order valence-electron chi connectivity index (χ1n) is 8.62. The summed E-state index contributed by atoms with van der Waals surface area (Å²) in [7, 11) is 0.